The summed E-state index contributed by atoms with van der Waals surface area (Å²) in [5.41, 5.74) is 2.75. The number of halogens is 1. The van der Waals surface area contributed by atoms with Crippen molar-refractivity contribution in [2.75, 3.05) is 33.4 Å². The number of hydrogen-bond acceptors (Lipinski definition) is 6. The molecule has 0 amide bonds. The normalized spacial score (nSPS) is 14.1. The Hall–Kier alpha value is -2.87. The van der Waals surface area contributed by atoms with E-state index in [-0.39, 0.29) is 5.56 Å². The van der Waals surface area contributed by atoms with Crippen LogP contribution in [0, 0.1) is 0 Å². The fraction of sp³-hybridized carbons (Fsp3) is 0.280. The first-order valence-corrected chi connectivity index (χ1v) is 12.1. The van der Waals surface area contributed by atoms with Crippen LogP contribution < -0.4 is 15.0 Å². The highest BCUT2D eigenvalue weighted by atomic mass is 35.5. The zero-order chi connectivity index (χ0) is 22.8. The van der Waals surface area contributed by atoms with Crippen LogP contribution in [0.3, 0.4) is 0 Å². The van der Waals surface area contributed by atoms with Gasteiger partial charge in [0.15, 0.2) is 17.1 Å². The van der Waals surface area contributed by atoms with Crippen molar-refractivity contribution in [2.24, 2.45) is 0 Å². The van der Waals surface area contributed by atoms with Gasteiger partial charge in [0.1, 0.15) is 6.61 Å². The van der Waals surface area contributed by atoms with E-state index >= 15 is 0 Å². The molecule has 2 aromatic carbocycles. The number of hydrogen-bond donors (Lipinski definition) is 0. The maximum Gasteiger partial charge on any atom is 0.275 e. The van der Waals surface area contributed by atoms with Gasteiger partial charge in [-0.05, 0) is 72.9 Å². The smallest absolute Gasteiger partial charge is 0.275 e. The molecule has 0 atom stereocenters. The van der Waals surface area contributed by atoms with Crippen molar-refractivity contribution in [1.82, 2.24) is 13.7 Å². The van der Waals surface area contributed by atoms with Crippen molar-refractivity contribution >= 4 is 28.8 Å². The monoisotopic (exact) mass is 481 g/mol. The van der Waals surface area contributed by atoms with E-state index in [4.69, 9.17) is 21.1 Å². The third kappa shape index (κ3) is 4.62. The van der Waals surface area contributed by atoms with Crippen LogP contribution in [0.25, 0.3) is 27.2 Å². The molecule has 33 heavy (non-hydrogen) atoms. The first-order valence-electron chi connectivity index (χ1n) is 10.9. The summed E-state index contributed by atoms with van der Waals surface area (Å²) in [7, 11) is 1.61. The standard InChI is InChI=1S/C25H24ClN3O3S/c1-31-22-14-18(6-9-21(22)32-13-12-28-10-2-3-11-28)20-16-27-24-15-23(33-29(24)25(20)30)17-4-7-19(26)8-5-17/h4-9,14-16H,2-3,10-13H2,1H3. The van der Waals surface area contributed by atoms with E-state index in [1.165, 1.54) is 24.4 Å². The van der Waals surface area contributed by atoms with Crippen molar-refractivity contribution in [1.29, 1.82) is 0 Å². The van der Waals surface area contributed by atoms with E-state index in [1.807, 2.05) is 48.5 Å². The Bertz CT molecular complexity index is 1330. The molecular weight excluding hydrogens is 458 g/mol. The summed E-state index contributed by atoms with van der Waals surface area (Å²) >= 11 is 7.37. The number of aromatic nitrogens is 2. The average Bonchev–Trinajstić information content (AvgIpc) is 3.51. The summed E-state index contributed by atoms with van der Waals surface area (Å²) in [5.74, 6) is 1.28. The Labute approximate surface area is 201 Å². The lowest BCUT2D eigenvalue weighted by Gasteiger charge is -2.16. The average molecular weight is 482 g/mol. The molecule has 6 nitrogen and oxygen atoms in total. The predicted octanol–water partition coefficient (Wildman–Crippen LogP) is 5.23. The number of methoxy groups -OCH3 is 1. The summed E-state index contributed by atoms with van der Waals surface area (Å²) in [5, 5.41) is 0.676. The zero-order valence-corrected chi connectivity index (χ0v) is 19.9. The van der Waals surface area contributed by atoms with E-state index in [0.717, 1.165) is 35.6 Å². The quantitative estimate of drug-likeness (QED) is 0.362. The Morgan fingerprint density at radius 2 is 1.79 bits per heavy atom. The van der Waals surface area contributed by atoms with Crippen LogP contribution in [0.1, 0.15) is 12.8 Å². The Morgan fingerprint density at radius 3 is 2.55 bits per heavy atom. The maximum absolute atomic E-state index is 13.3. The first-order chi connectivity index (χ1) is 16.1. The topological polar surface area (TPSA) is 56.1 Å². The molecule has 0 radical (unpaired) electrons. The lowest BCUT2D eigenvalue weighted by molar-refractivity contribution is 0.230. The first kappa shape index (κ1) is 21.9. The number of likely N-dealkylation sites (tertiary alicyclic amines) is 1. The third-order valence-electron chi connectivity index (χ3n) is 5.87. The van der Waals surface area contributed by atoms with Crippen molar-refractivity contribution in [3.8, 4) is 33.1 Å². The molecule has 0 aliphatic carbocycles. The van der Waals surface area contributed by atoms with Gasteiger partial charge in [-0.15, -0.1) is 0 Å². The predicted molar refractivity (Wildman–Crippen MR) is 133 cm³/mol. The van der Waals surface area contributed by atoms with E-state index in [9.17, 15) is 4.79 Å². The second-order valence-electron chi connectivity index (χ2n) is 8.00. The number of fused-ring (bicyclic) bond motifs is 1. The Morgan fingerprint density at radius 1 is 1.03 bits per heavy atom. The van der Waals surface area contributed by atoms with Crippen LogP contribution in [-0.4, -0.2) is 47.0 Å². The number of ether oxygens (including phenoxy) is 2. The van der Waals surface area contributed by atoms with Crippen LogP contribution in [0.4, 0.5) is 0 Å². The van der Waals surface area contributed by atoms with Crippen molar-refractivity contribution < 1.29 is 9.47 Å². The molecule has 0 spiro atoms. The molecule has 4 aromatic rings. The van der Waals surface area contributed by atoms with Gasteiger partial charge in [0.05, 0.1) is 17.6 Å². The molecule has 170 valence electrons. The van der Waals surface area contributed by atoms with Crippen molar-refractivity contribution in [3.63, 3.8) is 0 Å². The van der Waals surface area contributed by atoms with E-state index in [0.29, 0.717) is 34.3 Å². The molecule has 1 saturated heterocycles. The van der Waals surface area contributed by atoms with Crippen LogP contribution in [0.15, 0.2) is 59.5 Å². The number of benzene rings is 2. The summed E-state index contributed by atoms with van der Waals surface area (Å²) in [6.07, 6.45) is 4.15. The second-order valence-corrected chi connectivity index (χ2v) is 9.42. The fourth-order valence-electron chi connectivity index (χ4n) is 4.07. The molecule has 1 fully saturated rings. The van der Waals surface area contributed by atoms with Gasteiger partial charge in [-0.2, -0.15) is 0 Å². The zero-order valence-electron chi connectivity index (χ0n) is 18.3. The molecule has 0 unspecified atom stereocenters. The SMILES string of the molecule is COc1cc(-c2cnc3cc(-c4ccc(Cl)cc4)sn3c2=O)ccc1OCCN1CCCC1. The molecule has 1 aliphatic heterocycles. The summed E-state index contributed by atoms with van der Waals surface area (Å²) in [6.45, 7) is 3.79. The minimum atomic E-state index is -0.116. The largest absolute Gasteiger partial charge is 0.493 e. The van der Waals surface area contributed by atoms with Gasteiger partial charge in [0.2, 0.25) is 0 Å². The van der Waals surface area contributed by atoms with Gasteiger partial charge < -0.3 is 9.47 Å². The minimum Gasteiger partial charge on any atom is -0.493 e. The van der Waals surface area contributed by atoms with Crippen LogP contribution in [-0.2, 0) is 0 Å². The summed E-state index contributed by atoms with van der Waals surface area (Å²) in [6, 6.07) is 15.0. The highest BCUT2D eigenvalue weighted by molar-refractivity contribution is 7.10. The van der Waals surface area contributed by atoms with Crippen LogP contribution in [0.2, 0.25) is 5.02 Å². The van der Waals surface area contributed by atoms with Crippen molar-refractivity contribution in [2.45, 2.75) is 12.8 Å². The van der Waals surface area contributed by atoms with Gasteiger partial charge in [-0.1, -0.05) is 29.8 Å². The molecular formula is C25H24ClN3O3S. The molecule has 3 heterocycles. The lowest BCUT2D eigenvalue weighted by atomic mass is 10.1. The molecule has 2 aromatic heterocycles. The highest BCUT2D eigenvalue weighted by Gasteiger charge is 2.15. The summed E-state index contributed by atoms with van der Waals surface area (Å²) in [4.78, 5) is 21.1. The molecule has 5 rings (SSSR count). The minimum absolute atomic E-state index is 0.116. The van der Waals surface area contributed by atoms with Crippen LogP contribution in [0.5, 0.6) is 11.5 Å². The molecule has 0 bridgehead atoms. The Balaban J connectivity index is 1.41. The van der Waals surface area contributed by atoms with Gasteiger partial charge in [0, 0.05) is 23.8 Å². The molecule has 8 heteroatoms. The maximum atomic E-state index is 13.3. The van der Waals surface area contributed by atoms with E-state index < -0.39 is 0 Å². The van der Waals surface area contributed by atoms with Crippen molar-refractivity contribution in [3.05, 3.63) is 70.1 Å². The van der Waals surface area contributed by atoms with Gasteiger partial charge in [-0.25, -0.2) is 8.77 Å². The fourth-order valence-corrected chi connectivity index (χ4v) is 5.17. The molecule has 1 aliphatic rings. The van der Waals surface area contributed by atoms with Gasteiger partial charge >= 0.3 is 0 Å². The Kier molecular flexibility index (Phi) is 6.35. The highest BCUT2D eigenvalue weighted by Crippen LogP contribution is 2.32. The second kappa shape index (κ2) is 9.55. The lowest BCUT2D eigenvalue weighted by Crippen LogP contribution is -2.25. The number of rotatable bonds is 7. The van der Waals surface area contributed by atoms with Crippen LogP contribution >= 0.6 is 23.1 Å². The third-order valence-corrected chi connectivity index (χ3v) is 7.20. The number of nitrogens with zero attached hydrogens (tertiary/aromatic N) is 3. The van der Waals surface area contributed by atoms with Gasteiger partial charge in [0.25, 0.3) is 5.56 Å². The van der Waals surface area contributed by atoms with E-state index in [1.54, 1.807) is 17.1 Å². The molecule has 0 saturated carbocycles. The van der Waals surface area contributed by atoms with Gasteiger partial charge in [-0.3, -0.25) is 9.69 Å². The van der Waals surface area contributed by atoms with E-state index in [2.05, 4.69) is 9.88 Å². The molecule has 0 N–H and O–H groups in total. The summed E-state index contributed by atoms with van der Waals surface area (Å²) < 4.78 is 13.1.